The largest absolute Gasteiger partial charge is 0.311 e. The molecule has 61 heavy (non-hydrogen) atoms. The number of anilines is 3. The van der Waals surface area contributed by atoms with Crippen molar-refractivity contribution in [2.75, 3.05) is 4.90 Å². The smallest absolute Gasteiger partial charge is 0.0462 e. The molecule has 0 aromatic heterocycles. The molecule has 0 radical (unpaired) electrons. The van der Waals surface area contributed by atoms with E-state index in [-0.39, 0.29) is 5.41 Å². The maximum Gasteiger partial charge on any atom is 0.0462 e. The monoisotopic (exact) mass is 785 g/mol. The zero-order valence-electron chi connectivity index (χ0n) is 35.7. The molecule has 0 amide bonds. The van der Waals surface area contributed by atoms with Crippen LogP contribution in [0.5, 0.6) is 0 Å². The fraction of sp³-hybridized carbons (Fsp3) is 0.100. The van der Waals surface area contributed by atoms with E-state index in [4.69, 9.17) is 0 Å². The first-order valence-electron chi connectivity index (χ1n) is 21.3. The third-order valence-corrected chi connectivity index (χ3v) is 12.3. The zero-order valence-corrected chi connectivity index (χ0v) is 35.7. The van der Waals surface area contributed by atoms with Crippen LogP contribution in [0.2, 0.25) is 0 Å². The molecule has 1 aliphatic carbocycles. The van der Waals surface area contributed by atoms with E-state index in [2.05, 4.69) is 240 Å². The highest BCUT2D eigenvalue weighted by Gasteiger charge is 2.35. The van der Waals surface area contributed by atoms with Gasteiger partial charge in [-0.3, -0.25) is 0 Å². The molecule has 1 heteroatoms. The number of nitrogens with zero attached hydrogens (tertiary/aromatic N) is 1. The molecule has 10 rings (SSSR count). The number of hydrogen-bond acceptors (Lipinski definition) is 1. The Morgan fingerprint density at radius 3 is 1.26 bits per heavy atom. The average molecular weight is 786 g/mol. The van der Waals surface area contributed by atoms with Gasteiger partial charge in [0.25, 0.3) is 0 Å². The van der Waals surface area contributed by atoms with Crippen molar-refractivity contribution < 1.29 is 0 Å². The molecule has 1 aliphatic rings. The third kappa shape index (κ3) is 7.96. The summed E-state index contributed by atoms with van der Waals surface area (Å²) in [7, 11) is 0. The lowest BCUT2D eigenvalue weighted by atomic mass is 9.81. The van der Waals surface area contributed by atoms with Crippen molar-refractivity contribution in [3.63, 3.8) is 0 Å². The summed E-state index contributed by atoms with van der Waals surface area (Å²) in [6.45, 7) is 11.2. The van der Waals surface area contributed by atoms with Gasteiger partial charge in [0.15, 0.2) is 0 Å². The van der Waals surface area contributed by atoms with Gasteiger partial charge < -0.3 is 4.90 Å². The van der Waals surface area contributed by atoms with Gasteiger partial charge in [0.05, 0.1) is 0 Å². The first-order chi connectivity index (χ1) is 29.7. The Bertz CT molecular complexity index is 2920. The second kappa shape index (κ2) is 16.8. The molecule has 0 saturated carbocycles. The molecule has 9 aromatic rings. The van der Waals surface area contributed by atoms with Crippen LogP contribution in [0.3, 0.4) is 0 Å². The zero-order chi connectivity index (χ0) is 41.9. The topological polar surface area (TPSA) is 3.24 Å². The molecule has 1 nitrogen and oxygen atoms in total. The molecule has 0 N–H and O–H groups in total. The Balaban J connectivity index is 0.000000620. The van der Waals surface area contributed by atoms with Crippen molar-refractivity contribution >= 4 is 17.1 Å². The van der Waals surface area contributed by atoms with Crippen molar-refractivity contribution in [1.82, 2.24) is 0 Å². The average Bonchev–Trinajstić information content (AvgIpc) is 3.53. The maximum atomic E-state index is 2.40. The van der Waals surface area contributed by atoms with Gasteiger partial charge >= 0.3 is 0 Å². The highest BCUT2D eigenvalue weighted by molar-refractivity contribution is 5.85. The van der Waals surface area contributed by atoms with Crippen LogP contribution in [0.4, 0.5) is 17.1 Å². The minimum atomic E-state index is -0.0304. The van der Waals surface area contributed by atoms with E-state index in [9.17, 15) is 0 Å². The van der Waals surface area contributed by atoms with Crippen LogP contribution < -0.4 is 4.90 Å². The normalized spacial score (nSPS) is 12.1. The van der Waals surface area contributed by atoms with E-state index >= 15 is 0 Å². The van der Waals surface area contributed by atoms with Crippen LogP contribution in [0.1, 0.15) is 41.7 Å². The lowest BCUT2D eigenvalue weighted by Crippen LogP contribution is -2.14. The quantitative estimate of drug-likeness (QED) is 0.156. The summed E-state index contributed by atoms with van der Waals surface area (Å²) in [5.74, 6) is 0. The van der Waals surface area contributed by atoms with Crippen molar-refractivity contribution in [3.05, 3.63) is 246 Å². The van der Waals surface area contributed by atoms with E-state index in [1.807, 2.05) is 18.2 Å². The van der Waals surface area contributed by atoms with Gasteiger partial charge in [0.1, 0.15) is 0 Å². The SMILES string of the molecule is Cc1ccccc1.Cc1ccccc1-c1cc(-c2ccc(N(c3ccc(-c4ccccc4)cc3)c3ccc(-c4ccc5c(c4)C(C)(C)c4ccccc4-5)cc3)cc2)ccc1C. The molecule has 0 heterocycles. The lowest BCUT2D eigenvalue weighted by molar-refractivity contribution is 0.660. The maximum absolute atomic E-state index is 2.40. The second-order valence-corrected chi connectivity index (χ2v) is 16.8. The Labute approximate surface area is 362 Å². The van der Waals surface area contributed by atoms with E-state index < -0.39 is 0 Å². The van der Waals surface area contributed by atoms with Gasteiger partial charge in [0.2, 0.25) is 0 Å². The molecule has 0 spiro atoms. The van der Waals surface area contributed by atoms with Gasteiger partial charge in [-0.1, -0.05) is 189 Å². The van der Waals surface area contributed by atoms with Crippen LogP contribution in [0.15, 0.2) is 218 Å². The molecule has 0 aliphatic heterocycles. The summed E-state index contributed by atoms with van der Waals surface area (Å²) in [4.78, 5) is 2.36. The van der Waals surface area contributed by atoms with Gasteiger partial charge in [-0.05, 0) is 147 Å². The Morgan fingerprint density at radius 2 is 0.705 bits per heavy atom. The van der Waals surface area contributed by atoms with Crippen molar-refractivity contribution in [2.45, 2.75) is 40.0 Å². The predicted molar refractivity (Wildman–Crippen MR) is 261 cm³/mol. The first-order valence-corrected chi connectivity index (χ1v) is 21.3. The Hall–Kier alpha value is -7.22. The van der Waals surface area contributed by atoms with E-state index in [1.165, 1.54) is 83.5 Å². The van der Waals surface area contributed by atoms with Gasteiger partial charge in [0, 0.05) is 22.5 Å². The van der Waals surface area contributed by atoms with Crippen molar-refractivity contribution in [3.8, 4) is 55.6 Å². The van der Waals surface area contributed by atoms with Crippen LogP contribution >= 0.6 is 0 Å². The third-order valence-electron chi connectivity index (χ3n) is 12.3. The summed E-state index contributed by atoms with van der Waals surface area (Å²) in [5.41, 5.74) is 22.6. The lowest BCUT2D eigenvalue weighted by Gasteiger charge is -2.26. The molecule has 0 bridgehead atoms. The number of hydrogen-bond donors (Lipinski definition) is 0. The summed E-state index contributed by atoms with van der Waals surface area (Å²) >= 11 is 0. The molecule has 0 fully saturated rings. The van der Waals surface area contributed by atoms with E-state index in [0.29, 0.717) is 0 Å². The molecule has 0 atom stereocenters. The van der Waals surface area contributed by atoms with Gasteiger partial charge in [-0.2, -0.15) is 0 Å². The number of fused-ring (bicyclic) bond motifs is 3. The van der Waals surface area contributed by atoms with Crippen molar-refractivity contribution in [2.24, 2.45) is 0 Å². The van der Waals surface area contributed by atoms with Gasteiger partial charge in [-0.15, -0.1) is 0 Å². The van der Waals surface area contributed by atoms with Crippen LogP contribution in [-0.2, 0) is 5.41 Å². The molecule has 0 saturated heterocycles. The molecule has 9 aromatic carbocycles. The highest BCUT2D eigenvalue weighted by atomic mass is 15.1. The number of benzene rings is 9. The minimum Gasteiger partial charge on any atom is -0.311 e. The Morgan fingerprint density at radius 1 is 0.295 bits per heavy atom. The molecule has 296 valence electrons. The van der Waals surface area contributed by atoms with Crippen LogP contribution in [0.25, 0.3) is 55.6 Å². The van der Waals surface area contributed by atoms with Crippen molar-refractivity contribution in [1.29, 1.82) is 0 Å². The first kappa shape index (κ1) is 39.3. The second-order valence-electron chi connectivity index (χ2n) is 16.8. The minimum absolute atomic E-state index is 0.0304. The van der Waals surface area contributed by atoms with Gasteiger partial charge in [-0.25, -0.2) is 0 Å². The fourth-order valence-corrected chi connectivity index (χ4v) is 8.87. The predicted octanol–water partition coefficient (Wildman–Crippen LogP) is 16.7. The summed E-state index contributed by atoms with van der Waals surface area (Å²) < 4.78 is 0. The summed E-state index contributed by atoms with van der Waals surface area (Å²) in [6, 6.07) is 79.1. The Kier molecular flexibility index (Phi) is 10.8. The number of aryl methyl sites for hydroxylation is 3. The summed E-state index contributed by atoms with van der Waals surface area (Å²) in [5, 5.41) is 0. The highest BCUT2D eigenvalue weighted by Crippen LogP contribution is 2.49. The number of rotatable bonds is 7. The fourth-order valence-electron chi connectivity index (χ4n) is 8.87. The van der Waals surface area contributed by atoms with E-state index in [1.54, 1.807) is 0 Å². The molecular formula is C60H51N. The van der Waals surface area contributed by atoms with Crippen LogP contribution in [0, 0.1) is 20.8 Å². The molecule has 0 unspecified atom stereocenters. The standard InChI is InChI=1S/C53H43N.C7H8/c1-36-12-8-9-15-47(36)50-34-42(19-18-37(50)2)40-22-29-45(30-23-40)54(44-27-20-39(21-28-44)38-13-6-5-7-14-38)46-31-24-41(25-32-46)43-26-33-49-48-16-10-11-17-51(48)53(3,4)52(49)35-43;1-7-5-3-2-4-6-7/h5-35H,1-4H3;2-6H,1H3. The van der Waals surface area contributed by atoms with E-state index in [0.717, 1.165) is 17.1 Å². The summed E-state index contributed by atoms with van der Waals surface area (Å²) in [6.07, 6.45) is 0. The van der Waals surface area contributed by atoms with Crippen LogP contribution in [-0.4, -0.2) is 0 Å². The molecular weight excluding hydrogens is 735 g/mol.